The van der Waals surface area contributed by atoms with Gasteiger partial charge in [-0.15, -0.1) is 0 Å². The Morgan fingerprint density at radius 3 is 2.96 bits per heavy atom. The van der Waals surface area contributed by atoms with Gasteiger partial charge in [0.1, 0.15) is 18.4 Å². The van der Waals surface area contributed by atoms with Gasteiger partial charge in [0.15, 0.2) is 0 Å². The van der Waals surface area contributed by atoms with Gasteiger partial charge >= 0.3 is 0 Å². The van der Waals surface area contributed by atoms with Crippen molar-refractivity contribution in [2.24, 2.45) is 5.92 Å². The van der Waals surface area contributed by atoms with Crippen molar-refractivity contribution >= 4 is 5.91 Å². The Labute approximate surface area is 135 Å². The summed E-state index contributed by atoms with van der Waals surface area (Å²) >= 11 is 0. The molecule has 0 unspecified atom stereocenters. The summed E-state index contributed by atoms with van der Waals surface area (Å²) in [5.74, 6) is 0.914. The minimum Gasteiger partial charge on any atom is -0.361 e. The lowest BCUT2D eigenvalue weighted by molar-refractivity contribution is -0.136. The summed E-state index contributed by atoms with van der Waals surface area (Å²) in [5, 5.41) is 8.18. The summed E-state index contributed by atoms with van der Waals surface area (Å²) in [5.41, 5.74) is 1.93. The zero-order chi connectivity index (χ0) is 16.4. The Kier molecular flexibility index (Phi) is 4.45. The van der Waals surface area contributed by atoms with Crippen LogP contribution in [0.4, 0.5) is 0 Å². The molecule has 0 bridgehead atoms. The average molecular weight is 317 g/mol. The molecule has 1 aliphatic rings. The maximum Gasteiger partial charge on any atom is 0.225 e. The highest BCUT2D eigenvalue weighted by Crippen LogP contribution is 2.24. The van der Waals surface area contributed by atoms with Gasteiger partial charge < -0.3 is 9.42 Å². The first-order valence-electron chi connectivity index (χ1n) is 8.11. The molecule has 2 aromatic heterocycles. The number of hydrogen-bond acceptors (Lipinski definition) is 5. The van der Waals surface area contributed by atoms with Crippen LogP contribution in [0, 0.1) is 19.8 Å². The van der Waals surface area contributed by atoms with Crippen LogP contribution in [-0.2, 0) is 11.2 Å². The summed E-state index contributed by atoms with van der Waals surface area (Å²) in [6, 6.07) is 0.224. The summed E-state index contributed by atoms with van der Waals surface area (Å²) < 4.78 is 7.05. The molecule has 1 aliphatic heterocycles. The lowest BCUT2D eigenvalue weighted by Crippen LogP contribution is -2.43. The van der Waals surface area contributed by atoms with Crippen molar-refractivity contribution < 1.29 is 9.32 Å². The molecule has 0 N–H and O–H groups in total. The number of amides is 1. The summed E-state index contributed by atoms with van der Waals surface area (Å²) in [6.45, 7) is 7.32. The van der Waals surface area contributed by atoms with E-state index in [9.17, 15) is 4.79 Å². The van der Waals surface area contributed by atoms with Gasteiger partial charge in [0, 0.05) is 24.6 Å². The van der Waals surface area contributed by atoms with Crippen LogP contribution < -0.4 is 0 Å². The predicted molar refractivity (Wildman–Crippen MR) is 83.7 cm³/mol. The van der Waals surface area contributed by atoms with Gasteiger partial charge in [0.05, 0.1) is 11.7 Å². The zero-order valence-electron chi connectivity index (χ0n) is 13.9. The van der Waals surface area contributed by atoms with Crippen molar-refractivity contribution in [3.05, 3.63) is 29.7 Å². The van der Waals surface area contributed by atoms with E-state index < -0.39 is 0 Å². The minimum atomic E-state index is -0.0821. The van der Waals surface area contributed by atoms with E-state index in [0.717, 1.165) is 36.4 Å². The Morgan fingerprint density at radius 1 is 1.48 bits per heavy atom. The van der Waals surface area contributed by atoms with E-state index in [-0.39, 0.29) is 17.9 Å². The van der Waals surface area contributed by atoms with E-state index in [2.05, 4.69) is 15.2 Å². The van der Waals surface area contributed by atoms with Crippen LogP contribution >= 0.6 is 0 Å². The largest absolute Gasteiger partial charge is 0.361 e. The second-order valence-electron chi connectivity index (χ2n) is 6.36. The van der Waals surface area contributed by atoms with Gasteiger partial charge in [-0.05, 0) is 33.1 Å². The fourth-order valence-electron chi connectivity index (χ4n) is 3.28. The molecule has 3 rings (SSSR count). The first-order valence-corrected chi connectivity index (χ1v) is 8.11. The molecule has 7 heteroatoms. The number of nitrogens with zero attached hydrogens (tertiary/aromatic N) is 5. The van der Waals surface area contributed by atoms with Gasteiger partial charge in [-0.3, -0.25) is 4.79 Å². The molecule has 0 aliphatic carbocycles. The SMILES string of the molecule is Cc1noc(C)c1C[C@@H](C)C(=O)N1CCC[C@H](n2cncn2)C1. The van der Waals surface area contributed by atoms with E-state index >= 15 is 0 Å². The lowest BCUT2D eigenvalue weighted by Gasteiger charge is -2.34. The third kappa shape index (κ3) is 3.28. The van der Waals surface area contributed by atoms with Crippen molar-refractivity contribution in [3.8, 4) is 0 Å². The van der Waals surface area contributed by atoms with Gasteiger partial charge in [0.25, 0.3) is 0 Å². The normalized spacial score (nSPS) is 19.8. The van der Waals surface area contributed by atoms with Crippen LogP contribution in [0.5, 0.6) is 0 Å². The Morgan fingerprint density at radius 2 is 2.30 bits per heavy atom. The number of aryl methyl sites for hydroxylation is 2. The standard InChI is InChI=1S/C16H23N5O2/c1-11(7-15-12(2)19-23-13(15)3)16(22)20-6-4-5-14(8-20)21-10-17-9-18-21/h9-11,14H,4-8H2,1-3H3/t11-,14+/m1/s1. The summed E-state index contributed by atoms with van der Waals surface area (Å²) in [6.07, 6.45) is 5.97. The highest BCUT2D eigenvalue weighted by Gasteiger charge is 2.29. The number of carbonyl (C=O) groups is 1. The highest BCUT2D eigenvalue weighted by molar-refractivity contribution is 5.79. The number of hydrogen-bond donors (Lipinski definition) is 0. The number of carbonyl (C=O) groups excluding carboxylic acids is 1. The number of rotatable bonds is 4. The minimum absolute atomic E-state index is 0.0821. The van der Waals surface area contributed by atoms with Crippen LogP contribution in [0.15, 0.2) is 17.2 Å². The van der Waals surface area contributed by atoms with Gasteiger partial charge in [-0.1, -0.05) is 12.1 Å². The number of piperidine rings is 1. The second kappa shape index (κ2) is 6.52. The van der Waals surface area contributed by atoms with Gasteiger partial charge in [-0.2, -0.15) is 5.10 Å². The fraction of sp³-hybridized carbons (Fsp3) is 0.625. The molecule has 23 heavy (non-hydrogen) atoms. The molecule has 0 radical (unpaired) electrons. The Bertz CT molecular complexity index is 645. The van der Waals surface area contributed by atoms with Crippen LogP contribution in [0.25, 0.3) is 0 Å². The molecule has 124 valence electrons. The van der Waals surface area contributed by atoms with E-state index in [1.54, 1.807) is 12.7 Å². The van der Waals surface area contributed by atoms with Crippen LogP contribution in [0.3, 0.4) is 0 Å². The molecular weight excluding hydrogens is 294 g/mol. The van der Waals surface area contributed by atoms with E-state index in [4.69, 9.17) is 4.52 Å². The smallest absolute Gasteiger partial charge is 0.225 e. The van der Waals surface area contributed by atoms with Crippen LogP contribution in [0.2, 0.25) is 0 Å². The molecule has 0 saturated carbocycles. The fourth-order valence-corrected chi connectivity index (χ4v) is 3.28. The number of aromatic nitrogens is 4. The third-order valence-corrected chi connectivity index (χ3v) is 4.63. The quantitative estimate of drug-likeness (QED) is 0.861. The first kappa shape index (κ1) is 15.7. The van der Waals surface area contributed by atoms with Crippen molar-refractivity contribution in [2.45, 2.75) is 46.1 Å². The second-order valence-corrected chi connectivity index (χ2v) is 6.36. The van der Waals surface area contributed by atoms with Crippen molar-refractivity contribution in [1.29, 1.82) is 0 Å². The highest BCUT2D eigenvalue weighted by atomic mass is 16.5. The van der Waals surface area contributed by atoms with Crippen molar-refractivity contribution in [2.75, 3.05) is 13.1 Å². The Balaban J connectivity index is 1.65. The van der Waals surface area contributed by atoms with Crippen LogP contribution in [0.1, 0.15) is 42.8 Å². The molecule has 7 nitrogen and oxygen atoms in total. The maximum atomic E-state index is 12.8. The molecule has 2 atom stereocenters. The molecule has 1 amide bonds. The molecular formula is C16H23N5O2. The molecule has 2 aromatic rings. The molecule has 3 heterocycles. The van der Waals surface area contributed by atoms with E-state index in [1.165, 1.54) is 0 Å². The van der Waals surface area contributed by atoms with Crippen LogP contribution in [-0.4, -0.2) is 43.8 Å². The molecule has 1 saturated heterocycles. The number of likely N-dealkylation sites (tertiary alicyclic amines) is 1. The Hall–Kier alpha value is -2.18. The topological polar surface area (TPSA) is 77.0 Å². The van der Waals surface area contributed by atoms with Gasteiger partial charge in [-0.25, -0.2) is 9.67 Å². The first-order chi connectivity index (χ1) is 11.1. The third-order valence-electron chi connectivity index (χ3n) is 4.63. The van der Waals surface area contributed by atoms with Gasteiger partial charge in [0.2, 0.25) is 5.91 Å². The monoisotopic (exact) mass is 317 g/mol. The molecule has 0 spiro atoms. The van der Waals surface area contributed by atoms with E-state index in [1.807, 2.05) is 30.4 Å². The van der Waals surface area contributed by atoms with E-state index in [0.29, 0.717) is 13.0 Å². The van der Waals surface area contributed by atoms with Crippen molar-refractivity contribution in [3.63, 3.8) is 0 Å². The lowest BCUT2D eigenvalue weighted by atomic mass is 9.97. The summed E-state index contributed by atoms with van der Waals surface area (Å²) in [4.78, 5) is 18.8. The molecule has 0 aromatic carbocycles. The maximum absolute atomic E-state index is 12.8. The summed E-state index contributed by atoms with van der Waals surface area (Å²) in [7, 11) is 0. The predicted octanol–water partition coefficient (Wildman–Crippen LogP) is 1.93. The zero-order valence-corrected chi connectivity index (χ0v) is 13.9. The molecule has 1 fully saturated rings. The van der Waals surface area contributed by atoms with Crippen molar-refractivity contribution in [1.82, 2.24) is 24.8 Å². The average Bonchev–Trinajstić information content (AvgIpc) is 3.20.